The van der Waals surface area contributed by atoms with E-state index in [4.69, 9.17) is 9.47 Å². The number of ether oxygens (including phenoxy) is 2. The first kappa shape index (κ1) is 23.1. The SMILES string of the molecule is COC(=O)c1cc(C(=O)CNC(C)(C)CCn2cnnc2)ccc1OCc1ccccc1. The molecule has 0 bridgehead atoms. The highest BCUT2D eigenvalue weighted by atomic mass is 16.5. The second kappa shape index (κ2) is 10.7. The third kappa shape index (κ3) is 6.49. The van der Waals surface area contributed by atoms with E-state index in [1.807, 2.05) is 48.7 Å². The highest BCUT2D eigenvalue weighted by Gasteiger charge is 2.21. The fourth-order valence-electron chi connectivity index (χ4n) is 3.09. The molecule has 3 aromatic rings. The van der Waals surface area contributed by atoms with Crippen LogP contribution in [-0.4, -0.2) is 45.7 Å². The van der Waals surface area contributed by atoms with E-state index < -0.39 is 5.97 Å². The van der Waals surface area contributed by atoms with E-state index in [0.29, 0.717) is 17.9 Å². The number of carbonyl (C=O) groups excluding carboxylic acids is 2. The molecule has 8 heteroatoms. The highest BCUT2D eigenvalue weighted by molar-refractivity contribution is 6.01. The van der Waals surface area contributed by atoms with Crippen LogP contribution in [0.25, 0.3) is 0 Å². The maximum absolute atomic E-state index is 12.8. The van der Waals surface area contributed by atoms with E-state index in [2.05, 4.69) is 15.5 Å². The molecule has 1 aromatic heterocycles. The lowest BCUT2D eigenvalue weighted by Crippen LogP contribution is -2.43. The van der Waals surface area contributed by atoms with Crippen molar-refractivity contribution in [2.24, 2.45) is 0 Å². The molecule has 0 saturated heterocycles. The Kier molecular flexibility index (Phi) is 7.72. The summed E-state index contributed by atoms with van der Waals surface area (Å²) in [6, 6.07) is 14.5. The van der Waals surface area contributed by atoms with Crippen LogP contribution in [0.3, 0.4) is 0 Å². The van der Waals surface area contributed by atoms with Gasteiger partial charge in [-0.05, 0) is 44.0 Å². The lowest BCUT2D eigenvalue weighted by molar-refractivity contribution is 0.0595. The van der Waals surface area contributed by atoms with Gasteiger partial charge in [-0.15, -0.1) is 10.2 Å². The van der Waals surface area contributed by atoms with Gasteiger partial charge in [0.2, 0.25) is 0 Å². The van der Waals surface area contributed by atoms with Crippen LogP contribution in [0.15, 0.2) is 61.2 Å². The van der Waals surface area contributed by atoms with Gasteiger partial charge >= 0.3 is 5.97 Å². The number of carbonyl (C=O) groups is 2. The number of rotatable bonds is 11. The molecule has 1 N–H and O–H groups in total. The highest BCUT2D eigenvalue weighted by Crippen LogP contribution is 2.23. The zero-order chi connectivity index (χ0) is 23.0. The molecular weight excluding hydrogens is 408 g/mol. The van der Waals surface area contributed by atoms with Crippen LogP contribution < -0.4 is 10.1 Å². The fraction of sp³-hybridized carbons (Fsp3) is 0.333. The van der Waals surface area contributed by atoms with Crippen molar-refractivity contribution in [1.82, 2.24) is 20.1 Å². The van der Waals surface area contributed by atoms with Gasteiger partial charge in [-0.25, -0.2) is 4.79 Å². The minimum Gasteiger partial charge on any atom is -0.488 e. The zero-order valence-electron chi connectivity index (χ0n) is 18.6. The summed E-state index contributed by atoms with van der Waals surface area (Å²) in [5.74, 6) is -0.299. The Bertz CT molecular complexity index is 1030. The van der Waals surface area contributed by atoms with Gasteiger partial charge in [0.25, 0.3) is 0 Å². The molecule has 0 aliphatic carbocycles. The average Bonchev–Trinajstić information content (AvgIpc) is 3.34. The van der Waals surface area contributed by atoms with Gasteiger partial charge in [-0.1, -0.05) is 30.3 Å². The van der Waals surface area contributed by atoms with Gasteiger partial charge in [0.1, 0.15) is 30.6 Å². The van der Waals surface area contributed by atoms with Crippen LogP contribution >= 0.6 is 0 Å². The van der Waals surface area contributed by atoms with Crippen LogP contribution in [0.1, 0.15) is 46.5 Å². The number of Topliss-reactive ketones (excluding diaryl/α,β-unsaturated/α-hetero) is 1. The monoisotopic (exact) mass is 436 g/mol. The number of esters is 1. The van der Waals surface area contributed by atoms with E-state index in [1.54, 1.807) is 24.8 Å². The Morgan fingerprint density at radius 2 is 1.78 bits per heavy atom. The fourth-order valence-corrected chi connectivity index (χ4v) is 3.09. The molecule has 0 saturated carbocycles. The molecule has 3 rings (SSSR count). The Morgan fingerprint density at radius 3 is 2.47 bits per heavy atom. The Balaban J connectivity index is 1.64. The average molecular weight is 437 g/mol. The summed E-state index contributed by atoms with van der Waals surface area (Å²) in [6.45, 7) is 5.25. The molecule has 8 nitrogen and oxygen atoms in total. The number of nitrogens with one attached hydrogen (secondary N) is 1. The second-order valence-corrected chi connectivity index (χ2v) is 8.09. The Labute approximate surface area is 187 Å². The smallest absolute Gasteiger partial charge is 0.341 e. The molecular formula is C24H28N4O4. The number of ketones is 1. The number of nitrogens with zero attached hydrogens (tertiary/aromatic N) is 3. The number of hydrogen-bond donors (Lipinski definition) is 1. The number of aryl methyl sites for hydroxylation is 1. The van der Waals surface area contributed by atoms with Gasteiger partial charge in [-0.2, -0.15) is 0 Å². The summed E-state index contributed by atoms with van der Waals surface area (Å²) in [4.78, 5) is 25.1. The predicted molar refractivity (Wildman–Crippen MR) is 120 cm³/mol. The van der Waals surface area contributed by atoms with Crippen molar-refractivity contribution in [3.63, 3.8) is 0 Å². The number of hydrogen-bond acceptors (Lipinski definition) is 7. The topological polar surface area (TPSA) is 95.3 Å². The molecule has 0 aliphatic rings. The van der Waals surface area contributed by atoms with E-state index in [-0.39, 0.29) is 23.4 Å². The molecule has 32 heavy (non-hydrogen) atoms. The van der Waals surface area contributed by atoms with Crippen molar-refractivity contribution in [2.75, 3.05) is 13.7 Å². The first-order chi connectivity index (χ1) is 15.4. The molecule has 168 valence electrons. The third-order valence-electron chi connectivity index (χ3n) is 5.13. The number of aromatic nitrogens is 3. The van der Waals surface area contributed by atoms with Crippen molar-refractivity contribution in [3.05, 3.63) is 77.9 Å². The second-order valence-electron chi connectivity index (χ2n) is 8.09. The summed E-state index contributed by atoms with van der Waals surface area (Å²) in [5, 5.41) is 10.9. The van der Waals surface area contributed by atoms with Gasteiger partial charge < -0.3 is 19.4 Å². The largest absolute Gasteiger partial charge is 0.488 e. The van der Waals surface area contributed by atoms with Gasteiger partial charge in [0, 0.05) is 17.6 Å². The van der Waals surface area contributed by atoms with E-state index >= 15 is 0 Å². The molecule has 2 aromatic carbocycles. The zero-order valence-corrected chi connectivity index (χ0v) is 18.6. The number of benzene rings is 2. The van der Waals surface area contributed by atoms with Crippen molar-refractivity contribution in [2.45, 2.75) is 39.0 Å². The standard InChI is InChI=1S/C24H28N4O4/c1-24(2,11-12-28-16-26-27-17-28)25-14-21(29)19-9-10-22(20(13-19)23(30)31-3)32-15-18-7-5-4-6-8-18/h4-10,13,16-17,25H,11-12,14-15H2,1-3H3. The summed E-state index contributed by atoms with van der Waals surface area (Å²) < 4.78 is 12.6. The van der Waals surface area contributed by atoms with E-state index in [0.717, 1.165) is 18.5 Å². The summed E-state index contributed by atoms with van der Waals surface area (Å²) in [7, 11) is 1.30. The minimum atomic E-state index is -0.551. The predicted octanol–water partition coefficient (Wildman–Crippen LogP) is 3.28. The van der Waals surface area contributed by atoms with Crippen LogP contribution in [0, 0.1) is 0 Å². The van der Waals surface area contributed by atoms with Crippen molar-refractivity contribution < 1.29 is 19.1 Å². The van der Waals surface area contributed by atoms with Gasteiger partial charge in [-0.3, -0.25) is 4.79 Å². The first-order valence-electron chi connectivity index (χ1n) is 10.4. The van der Waals surface area contributed by atoms with Gasteiger partial charge in [0.15, 0.2) is 5.78 Å². The van der Waals surface area contributed by atoms with Crippen LogP contribution in [-0.2, 0) is 17.9 Å². The maximum atomic E-state index is 12.8. The molecule has 0 spiro atoms. The first-order valence-corrected chi connectivity index (χ1v) is 10.4. The third-order valence-corrected chi connectivity index (χ3v) is 5.13. The summed E-state index contributed by atoms with van der Waals surface area (Å²) in [6.07, 6.45) is 4.12. The van der Waals surface area contributed by atoms with Crippen LogP contribution in [0.2, 0.25) is 0 Å². The summed E-state index contributed by atoms with van der Waals surface area (Å²) >= 11 is 0. The maximum Gasteiger partial charge on any atom is 0.341 e. The van der Waals surface area contributed by atoms with E-state index in [9.17, 15) is 9.59 Å². The van der Waals surface area contributed by atoms with Gasteiger partial charge in [0.05, 0.1) is 13.7 Å². The lowest BCUT2D eigenvalue weighted by atomic mass is 9.99. The van der Waals surface area contributed by atoms with Crippen LogP contribution in [0.5, 0.6) is 5.75 Å². The number of methoxy groups -OCH3 is 1. The minimum absolute atomic E-state index is 0.123. The normalized spacial score (nSPS) is 11.2. The quantitative estimate of drug-likeness (QED) is 0.364. The molecule has 0 fully saturated rings. The van der Waals surface area contributed by atoms with Crippen molar-refractivity contribution >= 4 is 11.8 Å². The Morgan fingerprint density at radius 1 is 1.06 bits per heavy atom. The Hall–Kier alpha value is -3.52. The molecule has 0 atom stereocenters. The summed E-state index contributed by atoms with van der Waals surface area (Å²) in [5.41, 5.74) is 1.34. The molecule has 0 aliphatic heterocycles. The molecule has 0 unspecified atom stereocenters. The van der Waals surface area contributed by atoms with Crippen molar-refractivity contribution in [3.8, 4) is 5.75 Å². The van der Waals surface area contributed by atoms with Crippen molar-refractivity contribution in [1.29, 1.82) is 0 Å². The molecule has 0 amide bonds. The van der Waals surface area contributed by atoms with E-state index in [1.165, 1.54) is 13.2 Å². The van der Waals surface area contributed by atoms with Crippen LogP contribution in [0.4, 0.5) is 0 Å². The lowest BCUT2D eigenvalue weighted by Gasteiger charge is -2.26. The molecule has 0 radical (unpaired) electrons. The molecule has 1 heterocycles.